The Morgan fingerprint density at radius 2 is 0.619 bits per heavy atom. The van der Waals surface area contributed by atoms with Crippen molar-refractivity contribution in [1.29, 1.82) is 0 Å². The summed E-state index contributed by atoms with van der Waals surface area (Å²) in [5, 5.41) is 6.40. The van der Waals surface area contributed by atoms with Crippen LogP contribution in [0.25, 0.3) is 88.5 Å². The summed E-state index contributed by atoms with van der Waals surface area (Å²) in [5.74, 6) is 4.09. The summed E-state index contributed by atoms with van der Waals surface area (Å²) in [5.41, 5.74) is 25.5. The molecule has 0 fully saturated rings. The van der Waals surface area contributed by atoms with E-state index in [1.807, 2.05) is 0 Å². The van der Waals surface area contributed by atoms with E-state index in [0.29, 0.717) is 26.9 Å². The zero-order valence-electron chi connectivity index (χ0n) is 48.7. The normalized spacial score (nSPS) is 16.7. The van der Waals surface area contributed by atoms with Crippen LogP contribution >= 0.6 is 0 Å². The lowest BCUT2D eigenvalue weighted by Crippen LogP contribution is -2.42. The summed E-state index contributed by atoms with van der Waals surface area (Å²) < 4.78 is 33.2. The van der Waals surface area contributed by atoms with Crippen LogP contribution in [0.5, 0.6) is 23.0 Å². The number of hydrogen-bond acceptors (Lipinski definition) is 4. The standard InChI is InChI=1S/C23H18NO.2C19H16NO.C15H14NO/c1-23(2)17-8-5-9-20-21(17)22-18(23)11-16-10-14-6-3-4-7-15(14)12-19(16)24(22)13-25-20;2*1-19(2)13-7-5-9-16-17(13)18-14(19)10-12-6-3-4-8-15(12)20(18)11-21-16;1-15(2)10-5-3-7-12-13(10)14-11(15)6-4-8-16(14)9-17-12/h3-12H,13H2,1-2H3;2*3-10H,11H2,1-2H3;3-8H,9H2,1-2H3/q4*+1. The fourth-order valence-corrected chi connectivity index (χ4v) is 15.6. The number of aromatic nitrogens is 4. The van der Waals surface area contributed by atoms with Crippen LogP contribution in [0.4, 0.5) is 0 Å². The molecule has 0 bridgehead atoms. The van der Waals surface area contributed by atoms with E-state index >= 15 is 0 Å². The van der Waals surface area contributed by atoms with E-state index in [1.165, 1.54) is 133 Å². The van der Waals surface area contributed by atoms with E-state index in [1.54, 1.807) is 0 Å². The molecule has 84 heavy (non-hydrogen) atoms. The highest BCUT2D eigenvalue weighted by molar-refractivity contribution is 5.97. The number of para-hydroxylation sites is 2. The van der Waals surface area contributed by atoms with Crippen molar-refractivity contribution in [2.75, 3.05) is 0 Å². The maximum Gasteiger partial charge on any atom is 0.293 e. The van der Waals surface area contributed by atoms with Gasteiger partial charge in [-0.2, -0.15) is 18.3 Å². The highest BCUT2D eigenvalue weighted by atomic mass is 16.5. The molecule has 20 rings (SSSR count). The Morgan fingerprint density at radius 3 is 1.07 bits per heavy atom. The Labute approximate surface area is 489 Å². The molecular weight excluding hydrogens is 1030 g/mol. The molecule has 8 heterocycles. The van der Waals surface area contributed by atoms with Crippen molar-refractivity contribution >= 4 is 43.5 Å². The predicted octanol–water partition coefficient (Wildman–Crippen LogP) is 15.1. The Bertz CT molecular complexity index is 4720. The summed E-state index contributed by atoms with van der Waals surface area (Å²) in [7, 11) is 0. The number of benzene rings is 8. The molecule has 12 aromatic rings. The largest absolute Gasteiger partial charge is 0.435 e. The number of rotatable bonds is 0. The van der Waals surface area contributed by atoms with Gasteiger partial charge in [0.15, 0.2) is 6.20 Å². The van der Waals surface area contributed by atoms with Gasteiger partial charge in [-0.1, -0.05) is 152 Å². The van der Waals surface area contributed by atoms with Gasteiger partial charge >= 0.3 is 0 Å². The number of hydrogen-bond donors (Lipinski definition) is 0. The van der Waals surface area contributed by atoms with Crippen LogP contribution in [0.15, 0.2) is 194 Å². The van der Waals surface area contributed by atoms with Crippen molar-refractivity contribution in [2.45, 2.75) is 104 Å². The molecule has 0 radical (unpaired) electrons. The summed E-state index contributed by atoms with van der Waals surface area (Å²) >= 11 is 0. The summed E-state index contributed by atoms with van der Waals surface area (Å²) in [6.45, 7) is 20.9. The molecule has 0 saturated heterocycles. The molecule has 0 spiro atoms. The van der Waals surface area contributed by atoms with Crippen LogP contribution < -0.4 is 37.2 Å². The number of fused-ring (bicyclic) bond motifs is 7. The van der Waals surface area contributed by atoms with Gasteiger partial charge in [-0.3, -0.25) is 0 Å². The van der Waals surface area contributed by atoms with Crippen LogP contribution in [0, 0.1) is 0 Å². The lowest BCUT2D eigenvalue weighted by atomic mass is 9.82. The van der Waals surface area contributed by atoms with Gasteiger partial charge in [-0.05, 0) is 99.8 Å². The van der Waals surface area contributed by atoms with Gasteiger partial charge in [-0.15, -0.1) is 0 Å². The molecule has 0 unspecified atom stereocenters. The van der Waals surface area contributed by atoms with Crippen molar-refractivity contribution < 1.29 is 37.2 Å². The first kappa shape index (κ1) is 49.2. The summed E-state index contributed by atoms with van der Waals surface area (Å²) in [6.07, 6.45) is 2.10. The van der Waals surface area contributed by atoms with Gasteiger partial charge < -0.3 is 18.9 Å². The minimum absolute atomic E-state index is 0.00401. The maximum atomic E-state index is 6.14. The smallest absolute Gasteiger partial charge is 0.293 e. The molecule has 8 nitrogen and oxygen atoms in total. The Balaban J connectivity index is 0.0000000889. The van der Waals surface area contributed by atoms with Crippen molar-refractivity contribution in [2.24, 2.45) is 0 Å². The highest BCUT2D eigenvalue weighted by Gasteiger charge is 2.50. The number of pyridine rings is 4. The average molecular weight is 1100 g/mol. The zero-order chi connectivity index (χ0) is 56.8. The molecule has 408 valence electrons. The summed E-state index contributed by atoms with van der Waals surface area (Å²) in [4.78, 5) is 0. The summed E-state index contributed by atoms with van der Waals surface area (Å²) in [6, 6.07) is 67.5. The monoisotopic (exact) mass is 1100 g/mol. The van der Waals surface area contributed by atoms with Crippen molar-refractivity contribution in [1.82, 2.24) is 0 Å². The van der Waals surface area contributed by atoms with E-state index in [4.69, 9.17) is 18.9 Å². The molecule has 4 aromatic heterocycles. The fourth-order valence-electron chi connectivity index (χ4n) is 15.6. The Kier molecular flexibility index (Phi) is 10.0. The minimum Gasteiger partial charge on any atom is -0.435 e. The van der Waals surface area contributed by atoms with Crippen molar-refractivity contribution in [3.05, 3.63) is 239 Å². The molecule has 4 aliphatic heterocycles. The second-order valence-electron chi connectivity index (χ2n) is 25.9. The Morgan fingerprint density at radius 1 is 0.274 bits per heavy atom. The first-order chi connectivity index (χ1) is 40.7. The second kappa shape index (κ2) is 17.1. The molecule has 0 N–H and O–H groups in total. The highest BCUT2D eigenvalue weighted by Crippen LogP contribution is 2.56. The fraction of sp³-hybridized carbons (Fsp3) is 0.211. The molecule has 0 amide bonds. The van der Waals surface area contributed by atoms with Crippen LogP contribution in [0.1, 0.15) is 99.9 Å². The van der Waals surface area contributed by atoms with E-state index in [-0.39, 0.29) is 21.7 Å². The number of nitrogens with zero attached hydrogens (tertiary/aromatic N) is 4. The van der Waals surface area contributed by atoms with Gasteiger partial charge in [0.2, 0.25) is 39.3 Å². The van der Waals surface area contributed by atoms with Gasteiger partial charge in [0.05, 0.1) is 22.3 Å². The average Bonchev–Trinajstić information content (AvgIpc) is 1.65. The lowest BCUT2D eigenvalue weighted by Gasteiger charge is -2.19. The van der Waals surface area contributed by atoms with E-state index < -0.39 is 0 Å². The maximum absolute atomic E-state index is 6.14. The Hall–Kier alpha value is -9.40. The van der Waals surface area contributed by atoms with Crippen LogP contribution in [-0.2, 0) is 48.6 Å². The third-order valence-corrected chi connectivity index (χ3v) is 20.0. The van der Waals surface area contributed by atoms with Gasteiger partial charge in [0, 0.05) is 84.3 Å². The van der Waals surface area contributed by atoms with E-state index in [0.717, 1.165) is 23.0 Å². The SMILES string of the molecule is CC1(C)c2cccc3c2-c2c1cc1cc4ccccc4cc1[n+]2CO3.CC1(C)c2cccc3c2-c2c1cc1ccccc1[n+]2CO3.CC1(C)c2cccc3c2-c2c1cc1ccccc1[n+]2CO3.CC1(C)c2cccc3c2-c2c1ccc[n+]2CO3. The molecule has 8 heteroatoms. The van der Waals surface area contributed by atoms with Gasteiger partial charge in [0.25, 0.3) is 26.9 Å². The zero-order valence-corrected chi connectivity index (χ0v) is 48.7. The van der Waals surface area contributed by atoms with Crippen LogP contribution in [0.3, 0.4) is 0 Å². The van der Waals surface area contributed by atoms with E-state index in [9.17, 15) is 0 Å². The first-order valence-corrected chi connectivity index (χ1v) is 29.6. The van der Waals surface area contributed by atoms with Gasteiger partial charge in [-0.25, -0.2) is 0 Å². The van der Waals surface area contributed by atoms with E-state index in [2.05, 4.69) is 268 Å². The van der Waals surface area contributed by atoms with Crippen LogP contribution in [0.2, 0.25) is 0 Å². The molecule has 4 aliphatic carbocycles. The molecule has 0 saturated carbocycles. The topological polar surface area (TPSA) is 52.4 Å². The second-order valence-corrected chi connectivity index (χ2v) is 25.9. The predicted molar refractivity (Wildman–Crippen MR) is 329 cm³/mol. The van der Waals surface area contributed by atoms with Crippen LogP contribution in [-0.4, -0.2) is 0 Å². The third kappa shape index (κ3) is 6.59. The lowest BCUT2D eigenvalue weighted by molar-refractivity contribution is -0.717. The molecule has 8 aliphatic rings. The molecular formula is C76H64N4O4+4. The molecule has 8 aromatic carbocycles. The van der Waals surface area contributed by atoms with Gasteiger partial charge in [0.1, 0.15) is 23.0 Å². The van der Waals surface area contributed by atoms with Crippen molar-refractivity contribution in [3.63, 3.8) is 0 Å². The quantitative estimate of drug-likeness (QED) is 0.112. The minimum atomic E-state index is -0.00401. The first-order valence-electron chi connectivity index (χ1n) is 29.6. The molecule has 0 atom stereocenters. The number of ether oxygens (including phenoxy) is 4. The third-order valence-electron chi connectivity index (χ3n) is 20.0. The van der Waals surface area contributed by atoms with Crippen molar-refractivity contribution in [3.8, 4) is 68.0 Å².